The van der Waals surface area contributed by atoms with Gasteiger partial charge in [-0.15, -0.1) is 0 Å². The van der Waals surface area contributed by atoms with Crippen LogP contribution in [0.25, 0.3) is 6.08 Å². The monoisotopic (exact) mass is 373 g/mol. The van der Waals surface area contributed by atoms with Crippen molar-refractivity contribution in [2.24, 2.45) is 17.6 Å². The highest BCUT2D eigenvalue weighted by Gasteiger charge is 2.63. The molecule has 3 aliphatic rings. The summed E-state index contributed by atoms with van der Waals surface area (Å²) in [4.78, 5) is 41.9. The van der Waals surface area contributed by atoms with Crippen LogP contribution in [0.4, 0.5) is 0 Å². The molecule has 0 unspecified atom stereocenters. The molecule has 0 saturated carbocycles. The number of fused-ring (bicyclic) bond motifs is 5. The molecule has 6 nitrogen and oxygen atoms in total. The van der Waals surface area contributed by atoms with Crippen molar-refractivity contribution in [1.29, 1.82) is 0 Å². The van der Waals surface area contributed by atoms with E-state index in [-0.39, 0.29) is 24.4 Å². The minimum atomic E-state index is -0.822. The minimum Gasteiger partial charge on any atom is -0.368 e. The Hall–Kier alpha value is -3.41. The molecule has 0 bridgehead atoms. The van der Waals surface area contributed by atoms with Gasteiger partial charge in [0.15, 0.2) is 0 Å². The molecule has 28 heavy (non-hydrogen) atoms. The van der Waals surface area contributed by atoms with E-state index in [0.717, 1.165) is 16.7 Å². The van der Waals surface area contributed by atoms with Gasteiger partial charge in [-0.1, -0.05) is 54.6 Å². The molecule has 5 rings (SSSR count). The third-order valence-corrected chi connectivity index (χ3v) is 6.03. The average molecular weight is 373 g/mol. The van der Waals surface area contributed by atoms with E-state index in [1.165, 1.54) is 4.90 Å². The van der Waals surface area contributed by atoms with Crippen LogP contribution in [-0.4, -0.2) is 33.6 Å². The standard InChI is InChI=1S/C22H19N3O3/c23-20(26)19-17-16(18-15-9-5-4-8-14(15)10-11-24(18)19)21(27)25(22(17)28)12-13-6-2-1-3-7-13/h1-11,16-19H,12H2,(H2,23,26)/t16-,17+,18-,19-/m0/s1. The summed E-state index contributed by atoms with van der Waals surface area (Å²) >= 11 is 0. The number of carbonyl (C=O) groups is 3. The normalized spacial score (nSPS) is 27.6. The maximum atomic E-state index is 13.3. The maximum Gasteiger partial charge on any atom is 0.240 e. The number of nitrogens with two attached hydrogens (primary N) is 1. The van der Waals surface area contributed by atoms with Gasteiger partial charge in [0.25, 0.3) is 0 Å². The van der Waals surface area contributed by atoms with Crippen molar-refractivity contribution >= 4 is 23.8 Å². The number of imide groups is 1. The lowest BCUT2D eigenvalue weighted by atomic mass is 9.84. The first-order valence-electron chi connectivity index (χ1n) is 9.31. The molecule has 0 aliphatic carbocycles. The molecule has 0 aromatic heterocycles. The SMILES string of the molecule is NC(=O)[C@@H]1[C@@H]2C(=O)N(Cc3ccccc3)C(=O)[C@@H]2[C@@H]2c3ccccc3C=CN12. The summed E-state index contributed by atoms with van der Waals surface area (Å²) in [6.45, 7) is 0.210. The van der Waals surface area contributed by atoms with Crippen molar-refractivity contribution in [3.05, 3.63) is 77.5 Å². The van der Waals surface area contributed by atoms with E-state index in [1.807, 2.05) is 60.7 Å². The summed E-state index contributed by atoms with van der Waals surface area (Å²) in [6, 6.07) is 16.0. The van der Waals surface area contributed by atoms with Gasteiger partial charge in [0.05, 0.1) is 24.4 Å². The quantitative estimate of drug-likeness (QED) is 0.830. The van der Waals surface area contributed by atoms with Crippen molar-refractivity contribution in [1.82, 2.24) is 9.80 Å². The molecular weight excluding hydrogens is 354 g/mol. The second-order valence-electron chi connectivity index (χ2n) is 7.48. The van der Waals surface area contributed by atoms with Crippen molar-refractivity contribution in [3.63, 3.8) is 0 Å². The fraction of sp³-hybridized carbons (Fsp3) is 0.227. The molecule has 2 aromatic rings. The second kappa shape index (κ2) is 6.05. The Labute approximate surface area is 162 Å². The van der Waals surface area contributed by atoms with Crippen molar-refractivity contribution in [2.75, 3.05) is 0 Å². The molecule has 2 saturated heterocycles. The zero-order valence-electron chi connectivity index (χ0n) is 15.1. The van der Waals surface area contributed by atoms with Gasteiger partial charge >= 0.3 is 0 Å². The molecule has 2 fully saturated rings. The van der Waals surface area contributed by atoms with Gasteiger partial charge < -0.3 is 10.6 Å². The van der Waals surface area contributed by atoms with Gasteiger partial charge in [0, 0.05) is 6.20 Å². The predicted octanol–water partition coefficient (Wildman–Crippen LogP) is 1.68. The summed E-state index contributed by atoms with van der Waals surface area (Å²) in [6.07, 6.45) is 3.70. The number of rotatable bonds is 3. The van der Waals surface area contributed by atoms with E-state index >= 15 is 0 Å². The molecule has 3 amide bonds. The van der Waals surface area contributed by atoms with Crippen molar-refractivity contribution in [3.8, 4) is 0 Å². The number of benzene rings is 2. The molecule has 3 heterocycles. The number of amides is 3. The van der Waals surface area contributed by atoms with Gasteiger partial charge in [-0.05, 0) is 22.8 Å². The minimum absolute atomic E-state index is 0.210. The van der Waals surface area contributed by atoms with Crippen LogP contribution in [0, 0.1) is 11.8 Å². The van der Waals surface area contributed by atoms with Gasteiger partial charge in [0.2, 0.25) is 17.7 Å². The lowest BCUT2D eigenvalue weighted by molar-refractivity contribution is -0.143. The Kier molecular flexibility index (Phi) is 3.62. The number of primary amides is 1. The van der Waals surface area contributed by atoms with Crippen LogP contribution >= 0.6 is 0 Å². The maximum absolute atomic E-state index is 13.3. The lowest BCUT2D eigenvalue weighted by Crippen LogP contribution is -2.46. The third kappa shape index (κ3) is 2.24. The van der Waals surface area contributed by atoms with Crippen LogP contribution in [0.15, 0.2) is 60.8 Å². The fourth-order valence-corrected chi connectivity index (χ4v) is 4.87. The highest BCUT2D eigenvalue weighted by molar-refractivity contribution is 6.09. The Morgan fingerprint density at radius 3 is 2.36 bits per heavy atom. The van der Waals surface area contributed by atoms with Crippen molar-refractivity contribution in [2.45, 2.75) is 18.6 Å². The van der Waals surface area contributed by atoms with Gasteiger partial charge in [-0.3, -0.25) is 19.3 Å². The summed E-state index contributed by atoms with van der Waals surface area (Å²) < 4.78 is 0. The molecular formula is C22H19N3O3. The van der Waals surface area contributed by atoms with Crippen LogP contribution < -0.4 is 5.73 Å². The predicted molar refractivity (Wildman–Crippen MR) is 102 cm³/mol. The third-order valence-electron chi connectivity index (χ3n) is 6.03. The lowest BCUT2D eigenvalue weighted by Gasteiger charge is -2.34. The van der Waals surface area contributed by atoms with E-state index in [1.54, 1.807) is 11.1 Å². The van der Waals surface area contributed by atoms with E-state index in [0.29, 0.717) is 0 Å². The van der Waals surface area contributed by atoms with Crippen LogP contribution in [0.3, 0.4) is 0 Å². The van der Waals surface area contributed by atoms with E-state index in [9.17, 15) is 14.4 Å². The summed E-state index contributed by atoms with van der Waals surface area (Å²) in [7, 11) is 0. The van der Waals surface area contributed by atoms with Crippen LogP contribution in [0.5, 0.6) is 0 Å². The molecule has 4 atom stereocenters. The summed E-state index contributed by atoms with van der Waals surface area (Å²) in [5.74, 6) is -2.50. The largest absolute Gasteiger partial charge is 0.368 e. The first-order chi connectivity index (χ1) is 13.6. The summed E-state index contributed by atoms with van der Waals surface area (Å²) in [5, 5.41) is 0. The molecule has 140 valence electrons. The van der Waals surface area contributed by atoms with Crippen LogP contribution in [0.1, 0.15) is 22.7 Å². The Bertz CT molecular complexity index is 1020. The Morgan fingerprint density at radius 2 is 1.61 bits per heavy atom. The highest BCUT2D eigenvalue weighted by atomic mass is 16.2. The Balaban J connectivity index is 1.58. The zero-order chi connectivity index (χ0) is 19.4. The van der Waals surface area contributed by atoms with Gasteiger partial charge in [-0.2, -0.15) is 0 Å². The van der Waals surface area contributed by atoms with Gasteiger partial charge in [-0.25, -0.2) is 0 Å². The van der Waals surface area contributed by atoms with E-state index < -0.39 is 23.8 Å². The Morgan fingerprint density at radius 1 is 0.929 bits per heavy atom. The topological polar surface area (TPSA) is 83.7 Å². The van der Waals surface area contributed by atoms with Gasteiger partial charge in [0.1, 0.15) is 6.04 Å². The number of carbonyl (C=O) groups excluding carboxylic acids is 3. The van der Waals surface area contributed by atoms with Crippen LogP contribution in [0.2, 0.25) is 0 Å². The number of hydrogen-bond acceptors (Lipinski definition) is 4. The average Bonchev–Trinajstić information content (AvgIpc) is 3.18. The molecule has 3 aliphatic heterocycles. The van der Waals surface area contributed by atoms with E-state index in [2.05, 4.69) is 0 Å². The number of likely N-dealkylation sites (tertiary alicyclic amines) is 1. The molecule has 0 spiro atoms. The van der Waals surface area contributed by atoms with Crippen LogP contribution in [-0.2, 0) is 20.9 Å². The summed E-state index contributed by atoms with van der Waals surface area (Å²) in [5.41, 5.74) is 8.51. The molecule has 0 radical (unpaired) electrons. The molecule has 2 aromatic carbocycles. The smallest absolute Gasteiger partial charge is 0.240 e. The number of nitrogens with zero attached hydrogens (tertiary/aromatic N) is 2. The fourth-order valence-electron chi connectivity index (χ4n) is 4.87. The van der Waals surface area contributed by atoms with Crippen molar-refractivity contribution < 1.29 is 14.4 Å². The highest BCUT2D eigenvalue weighted by Crippen LogP contribution is 2.52. The number of hydrogen-bond donors (Lipinski definition) is 1. The second-order valence-corrected chi connectivity index (χ2v) is 7.48. The molecule has 2 N–H and O–H groups in total. The zero-order valence-corrected chi connectivity index (χ0v) is 15.1. The first kappa shape index (κ1) is 16.7. The molecule has 6 heteroatoms. The first-order valence-corrected chi connectivity index (χ1v) is 9.31. The van der Waals surface area contributed by atoms with E-state index in [4.69, 9.17) is 5.73 Å².